The number of hydrogen-bond acceptors (Lipinski definition) is 5. The first-order valence-corrected chi connectivity index (χ1v) is 7.03. The van der Waals surface area contributed by atoms with E-state index in [0.29, 0.717) is 13.0 Å². The molecule has 0 amide bonds. The van der Waals surface area contributed by atoms with Crippen LogP contribution in [0.3, 0.4) is 0 Å². The van der Waals surface area contributed by atoms with Gasteiger partial charge in [-0.05, 0) is 12.0 Å². The summed E-state index contributed by atoms with van der Waals surface area (Å²) in [6, 6.07) is 9.62. The van der Waals surface area contributed by atoms with Crippen LogP contribution in [0.5, 0.6) is 0 Å². The normalized spacial score (nSPS) is 41.0. The highest BCUT2D eigenvalue weighted by Gasteiger charge is 2.59. The van der Waals surface area contributed by atoms with Crippen LogP contribution < -0.4 is 0 Å². The number of fused-ring (bicyclic) bond motifs is 3. The maximum atomic E-state index is 10.7. The van der Waals surface area contributed by atoms with Crippen molar-refractivity contribution in [3.05, 3.63) is 35.9 Å². The standard InChI is InChI=1S/C15H21NO4/c17-8-11-6-12-13(18)14(19)15(11,20)9-16(12)7-10-4-2-1-3-5-10/h1-5,11-14,17-20H,6-9H2/t11-,12-,13-,14-,15-/m0/s1. The van der Waals surface area contributed by atoms with Crippen molar-refractivity contribution in [2.45, 2.75) is 36.8 Å². The molecule has 2 saturated heterocycles. The molecule has 3 fully saturated rings. The van der Waals surface area contributed by atoms with Crippen LogP contribution in [-0.4, -0.2) is 62.3 Å². The molecule has 0 aromatic heterocycles. The van der Waals surface area contributed by atoms with Crippen molar-refractivity contribution in [3.63, 3.8) is 0 Å². The summed E-state index contributed by atoms with van der Waals surface area (Å²) >= 11 is 0. The Morgan fingerprint density at radius 2 is 1.90 bits per heavy atom. The zero-order valence-electron chi connectivity index (χ0n) is 11.3. The summed E-state index contributed by atoms with van der Waals surface area (Å²) in [6.45, 7) is 0.724. The highest BCUT2D eigenvalue weighted by Crippen LogP contribution is 2.43. The van der Waals surface area contributed by atoms with E-state index in [0.717, 1.165) is 5.56 Å². The molecule has 1 saturated carbocycles. The lowest BCUT2D eigenvalue weighted by molar-refractivity contribution is -0.255. The topological polar surface area (TPSA) is 84.2 Å². The Hall–Kier alpha value is -0.980. The van der Waals surface area contributed by atoms with Crippen LogP contribution in [0.2, 0.25) is 0 Å². The summed E-state index contributed by atoms with van der Waals surface area (Å²) in [5, 5.41) is 40.3. The van der Waals surface area contributed by atoms with E-state index >= 15 is 0 Å². The predicted octanol–water partition coefficient (Wildman–Crippen LogP) is -0.664. The smallest absolute Gasteiger partial charge is 0.112 e. The number of nitrogens with zero attached hydrogens (tertiary/aromatic N) is 1. The first kappa shape index (κ1) is 14.0. The van der Waals surface area contributed by atoms with Gasteiger partial charge in [0.1, 0.15) is 11.7 Å². The molecule has 110 valence electrons. The summed E-state index contributed by atoms with van der Waals surface area (Å²) in [6.07, 6.45) is -1.66. The van der Waals surface area contributed by atoms with E-state index in [9.17, 15) is 20.4 Å². The lowest BCUT2D eigenvalue weighted by Gasteiger charge is -2.58. The number of aliphatic hydroxyl groups is 4. The Morgan fingerprint density at radius 3 is 2.55 bits per heavy atom. The van der Waals surface area contributed by atoms with Crippen molar-refractivity contribution in [1.29, 1.82) is 0 Å². The molecule has 5 nitrogen and oxygen atoms in total. The third kappa shape index (κ3) is 2.06. The van der Waals surface area contributed by atoms with Crippen LogP contribution in [0.15, 0.2) is 30.3 Å². The minimum Gasteiger partial charge on any atom is -0.396 e. The van der Waals surface area contributed by atoms with Crippen molar-refractivity contribution >= 4 is 0 Å². The highest BCUT2D eigenvalue weighted by molar-refractivity contribution is 5.18. The van der Waals surface area contributed by atoms with Crippen LogP contribution in [0.25, 0.3) is 0 Å². The van der Waals surface area contributed by atoms with E-state index in [2.05, 4.69) is 0 Å². The van der Waals surface area contributed by atoms with Crippen LogP contribution in [0.1, 0.15) is 12.0 Å². The SMILES string of the molecule is OC[C@@H]1C[C@H]2[C@H](O)[C@H](O)[C@]1(O)CN2Cc1ccccc1. The minimum atomic E-state index is -1.43. The van der Waals surface area contributed by atoms with Crippen molar-refractivity contribution in [2.75, 3.05) is 13.2 Å². The second-order valence-electron chi connectivity index (χ2n) is 6.00. The van der Waals surface area contributed by atoms with E-state index in [1.165, 1.54) is 0 Å². The molecule has 0 unspecified atom stereocenters. The van der Waals surface area contributed by atoms with Gasteiger partial charge in [-0.3, -0.25) is 4.90 Å². The molecular formula is C15H21NO4. The Labute approximate surface area is 118 Å². The first-order valence-electron chi connectivity index (χ1n) is 7.03. The van der Waals surface area contributed by atoms with Crippen LogP contribution in [0, 0.1) is 5.92 Å². The quantitative estimate of drug-likeness (QED) is 0.590. The fourth-order valence-corrected chi connectivity index (χ4v) is 3.64. The molecular weight excluding hydrogens is 258 g/mol. The molecule has 1 aromatic carbocycles. The number of hydrogen-bond donors (Lipinski definition) is 4. The van der Waals surface area contributed by atoms with E-state index in [4.69, 9.17) is 0 Å². The van der Waals surface area contributed by atoms with Gasteiger partial charge in [-0.25, -0.2) is 0 Å². The fraction of sp³-hybridized carbons (Fsp3) is 0.600. The molecule has 4 rings (SSSR count). The average Bonchev–Trinajstić information content (AvgIpc) is 2.45. The third-order valence-corrected chi connectivity index (χ3v) is 4.84. The Kier molecular flexibility index (Phi) is 3.56. The lowest BCUT2D eigenvalue weighted by Crippen LogP contribution is -2.75. The molecule has 0 spiro atoms. The maximum Gasteiger partial charge on any atom is 0.112 e. The second kappa shape index (κ2) is 5.09. The summed E-state index contributed by atoms with van der Waals surface area (Å²) in [7, 11) is 0. The van der Waals surface area contributed by atoms with Gasteiger partial charge in [-0.2, -0.15) is 0 Å². The monoisotopic (exact) mass is 279 g/mol. The predicted molar refractivity (Wildman–Crippen MR) is 72.8 cm³/mol. The van der Waals surface area contributed by atoms with E-state index in [1.54, 1.807) is 0 Å². The maximum absolute atomic E-state index is 10.7. The van der Waals surface area contributed by atoms with Gasteiger partial charge < -0.3 is 20.4 Å². The van der Waals surface area contributed by atoms with Gasteiger partial charge in [0.05, 0.1) is 6.10 Å². The van der Waals surface area contributed by atoms with Gasteiger partial charge in [0.15, 0.2) is 0 Å². The largest absolute Gasteiger partial charge is 0.396 e. The van der Waals surface area contributed by atoms with Gasteiger partial charge >= 0.3 is 0 Å². The summed E-state index contributed by atoms with van der Waals surface area (Å²) in [5.41, 5.74) is -0.330. The van der Waals surface area contributed by atoms with E-state index < -0.39 is 17.8 Å². The van der Waals surface area contributed by atoms with Crippen molar-refractivity contribution in [2.24, 2.45) is 5.92 Å². The Morgan fingerprint density at radius 1 is 1.20 bits per heavy atom. The molecule has 5 atom stereocenters. The fourth-order valence-electron chi connectivity index (χ4n) is 3.64. The van der Waals surface area contributed by atoms with E-state index in [-0.39, 0.29) is 25.1 Å². The summed E-state index contributed by atoms with van der Waals surface area (Å²) in [4.78, 5) is 2.00. The molecule has 5 heteroatoms. The van der Waals surface area contributed by atoms with Gasteiger partial charge in [0.2, 0.25) is 0 Å². The van der Waals surface area contributed by atoms with E-state index in [1.807, 2.05) is 35.2 Å². The van der Waals surface area contributed by atoms with Crippen molar-refractivity contribution in [1.82, 2.24) is 4.90 Å². The summed E-state index contributed by atoms with van der Waals surface area (Å²) in [5.74, 6) is -0.377. The average molecular weight is 279 g/mol. The number of rotatable bonds is 3. The third-order valence-electron chi connectivity index (χ3n) is 4.84. The molecule has 4 N–H and O–H groups in total. The van der Waals surface area contributed by atoms with Crippen molar-refractivity contribution in [3.8, 4) is 0 Å². The molecule has 0 radical (unpaired) electrons. The van der Waals surface area contributed by atoms with Gasteiger partial charge in [0.25, 0.3) is 0 Å². The molecule has 2 bridgehead atoms. The summed E-state index contributed by atoms with van der Waals surface area (Å²) < 4.78 is 0. The number of aliphatic hydroxyl groups excluding tert-OH is 3. The van der Waals surface area contributed by atoms with Crippen LogP contribution >= 0.6 is 0 Å². The molecule has 1 aromatic rings. The second-order valence-corrected chi connectivity index (χ2v) is 6.00. The number of benzene rings is 1. The minimum absolute atomic E-state index is 0.171. The Balaban J connectivity index is 1.83. The molecule has 3 aliphatic rings. The zero-order chi connectivity index (χ0) is 14.3. The van der Waals surface area contributed by atoms with Crippen molar-refractivity contribution < 1.29 is 20.4 Å². The van der Waals surface area contributed by atoms with Gasteiger partial charge in [-0.15, -0.1) is 0 Å². The van der Waals surface area contributed by atoms with Crippen LogP contribution in [-0.2, 0) is 6.54 Å². The molecule has 2 aliphatic heterocycles. The van der Waals surface area contributed by atoms with Gasteiger partial charge in [0, 0.05) is 31.7 Å². The lowest BCUT2D eigenvalue weighted by atomic mass is 9.65. The zero-order valence-corrected chi connectivity index (χ0v) is 11.3. The molecule has 2 heterocycles. The first-order chi connectivity index (χ1) is 9.56. The van der Waals surface area contributed by atoms with Crippen LogP contribution in [0.4, 0.5) is 0 Å². The highest BCUT2D eigenvalue weighted by atomic mass is 16.4. The van der Waals surface area contributed by atoms with Gasteiger partial charge in [-0.1, -0.05) is 30.3 Å². The number of piperidine rings is 2. The Bertz CT molecular complexity index is 464. The molecule has 1 aliphatic carbocycles. The molecule has 20 heavy (non-hydrogen) atoms.